The van der Waals surface area contributed by atoms with Crippen LogP contribution in [0.4, 0.5) is 20.2 Å². The van der Waals surface area contributed by atoms with E-state index < -0.39 is 5.82 Å². The van der Waals surface area contributed by atoms with Gasteiger partial charge in [0.05, 0.1) is 24.6 Å². The van der Waals surface area contributed by atoms with Crippen molar-refractivity contribution >= 4 is 17.2 Å². The Hall–Kier alpha value is -1.69. The molecule has 3 aliphatic rings. The van der Waals surface area contributed by atoms with Gasteiger partial charge in [-0.25, -0.2) is 10.2 Å². The van der Waals surface area contributed by atoms with E-state index in [9.17, 15) is 13.6 Å². The van der Waals surface area contributed by atoms with Gasteiger partial charge in [-0.3, -0.25) is 9.18 Å². The highest BCUT2D eigenvalue weighted by atomic mass is 19.1. The molecule has 0 spiro atoms. The summed E-state index contributed by atoms with van der Waals surface area (Å²) in [5, 5.41) is 1.31. The van der Waals surface area contributed by atoms with Gasteiger partial charge in [0.2, 0.25) is 0 Å². The number of ketones is 1. The number of benzene rings is 1. The second-order valence-corrected chi connectivity index (χ2v) is 11.2. The molecule has 3 fully saturated rings. The molecule has 3 saturated carbocycles. The summed E-state index contributed by atoms with van der Waals surface area (Å²) in [6, 6.07) is 4.07. The summed E-state index contributed by atoms with van der Waals surface area (Å²) in [5.41, 5.74) is 6.70. The van der Waals surface area contributed by atoms with E-state index in [4.69, 9.17) is 11.6 Å². The fourth-order valence-electron chi connectivity index (χ4n) is 8.17. The Morgan fingerprint density at radius 2 is 1.94 bits per heavy atom. The van der Waals surface area contributed by atoms with Crippen molar-refractivity contribution in [1.29, 1.82) is 0 Å². The van der Waals surface area contributed by atoms with Gasteiger partial charge in [-0.05, 0) is 92.1 Å². The third-order valence-electron chi connectivity index (χ3n) is 9.64. The Balaban J connectivity index is 1.48. The van der Waals surface area contributed by atoms with E-state index in [2.05, 4.69) is 13.8 Å². The molecule has 33 heavy (non-hydrogen) atoms. The van der Waals surface area contributed by atoms with Crippen molar-refractivity contribution < 1.29 is 13.6 Å². The van der Waals surface area contributed by atoms with E-state index in [0.717, 1.165) is 38.5 Å². The van der Waals surface area contributed by atoms with Gasteiger partial charge in [-0.2, -0.15) is 0 Å². The number of carbonyl (C=O) groups is 1. The van der Waals surface area contributed by atoms with Crippen LogP contribution in [0.25, 0.3) is 0 Å². The molecule has 0 aliphatic heterocycles. The van der Waals surface area contributed by atoms with Crippen molar-refractivity contribution in [1.82, 2.24) is 0 Å². The Labute approximate surface area is 197 Å². The zero-order valence-corrected chi connectivity index (χ0v) is 20.2. The second-order valence-electron chi connectivity index (χ2n) is 11.2. The quantitative estimate of drug-likeness (QED) is 0.287. The molecular weight excluding hydrogens is 420 g/mol. The van der Waals surface area contributed by atoms with E-state index in [1.165, 1.54) is 36.0 Å². The molecule has 6 heteroatoms. The third kappa shape index (κ3) is 4.52. The van der Waals surface area contributed by atoms with Crippen LogP contribution in [0.15, 0.2) is 18.2 Å². The van der Waals surface area contributed by atoms with E-state index in [1.807, 2.05) is 0 Å². The SMILES string of the molecule is CCCC1C(CCF)CCC2C1CCC1(C)C(C(=O)CN(N)c3cc(F)ccc3N)CCC21. The van der Waals surface area contributed by atoms with E-state index in [0.29, 0.717) is 47.4 Å². The number of carbonyl (C=O) groups excluding carboxylic acids is 1. The van der Waals surface area contributed by atoms with Crippen LogP contribution in [0.3, 0.4) is 0 Å². The molecule has 0 amide bonds. The van der Waals surface area contributed by atoms with Gasteiger partial charge in [0.15, 0.2) is 5.78 Å². The normalized spacial score (nSPS) is 35.7. The summed E-state index contributed by atoms with van der Waals surface area (Å²) >= 11 is 0. The van der Waals surface area contributed by atoms with Crippen molar-refractivity contribution in [2.45, 2.75) is 71.6 Å². The van der Waals surface area contributed by atoms with E-state index in [-0.39, 0.29) is 30.3 Å². The van der Waals surface area contributed by atoms with Crippen molar-refractivity contribution in [3.8, 4) is 0 Å². The molecule has 1 aromatic rings. The fraction of sp³-hybridized carbons (Fsp3) is 0.741. The maximum absolute atomic E-state index is 13.7. The monoisotopic (exact) mass is 461 g/mol. The van der Waals surface area contributed by atoms with Gasteiger partial charge in [0, 0.05) is 12.0 Å². The first-order valence-corrected chi connectivity index (χ1v) is 13.0. The number of anilines is 2. The largest absolute Gasteiger partial charge is 0.397 e. The molecule has 0 aromatic heterocycles. The molecule has 4 rings (SSSR count). The molecule has 1 aromatic carbocycles. The average molecular weight is 462 g/mol. The maximum Gasteiger partial charge on any atom is 0.157 e. The molecule has 7 atom stereocenters. The van der Waals surface area contributed by atoms with Crippen molar-refractivity contribution in [3.05, 3.63) is 24.0 Å². The van der Waals surface area contributed by atoms with Gasteiger partial charge in [-0.1, -0.05) is 26.7 Å². The molecule has 0 bridgehead atoms. The van der Waals surface area contributed by atoms with Crippen LogP contribution >= 0.6 is 0 Å². The number of Topliss-reactive ketones (excluding diaryl/α,β-unsaturated/α-hetero) is 1. The molecule has 0 saturated heterocycles. The summed E-state index contributed by atoms with van der Waals surface area (Å²) in [4.78, 5) is 13.5. The van der Waals surface area contributed by atoms with Gasteiger partial charge in [0.1, 0.15) is 5.82 Å². The third-order valence-corrected chi connectivity index (χ3v) is 9.64. The van der Waals surface area contributed by atoms with Crippen LogP contribution in [0.2, 0.25) is 0 Å². The number of halogens is 2. The highest BCUT2D eigenvalue weighted by Crippen LogP contribution is 2.63. The van der Waals surface area contributed by atoms with Crippen molar-refractivity contribution in [2.24, 2.45) is 46.8 Å². The Morgan fingerprint density at radius 1 is 1.15 bits per heavy atom. The summed E-state index contributed by atoms with van der Waals surface area (Å²) in [6.45, 7) is 4.41. The first-order chi connectivity index (χ1) is 15.8. The number of hydrogen-bond donors (Lipinski definition) is 2. The summed E-state index contributed by atoms with van der Waals surface area (Å²) in [7, 11) is 0. The van der Waals surface area contributed by atoms with Crippen LogP contribution in [0.1, 0.15) is 71.6 Å². The zero-order chi connectivity index (χ0) is 23.8. The number of nitrogen functional groups attached to an aromatic ring is 1. The minimum atomic E-state index is -0.418. The first-order valence-electron chi connectivity index (χ1n) is 13.0. The topological polar surface area (TPSA) is 72.3 Å². The van der Waals surface area contributed by atoms with Crippen LogP contribution in [0, 0.1) is 46.7 Å². The van der Waals surface area contributed by atoms with Crippen LogP contribution in [0.5, 0.6) is 0 Å². The van der Waals surface area contributed by atoms with Gasteiger partial charge in [-0.15, -0.1) is 0 Å². The Bertz CT molecular complexity index is 849. The lowest BCUT2D eigenvalue weighted by atomic mass is 9.50. The molecule has 4 nitrogen and oxygen atoms in total. The Morgan fingerprint density at radius 3 is 2.67 bits per heavy atom. The standard InChI is InChI=1S/C27H41F2N3O/c1-3-4-19-17(12-14-28)5-7-21-20(19)11-13-27(2)22(21)8-9-23(27)26(33)16-32(31)25-15-18(29)6-10-24(25)30/h6,10,15,17,19-23H,3-5,7-9,11-14,16,30-31H2,1-2H3. The number of hydrogen-bond acceptors (Lipinski definition) is 4. The number of nitrogens with zero attached hydrogens (tertiary/aromatic N) is 1. The number of hydrazine groups is 1. The molecule has 0 radical (unpaired) electrons. The minimum absolute atomic E-state index is 0.00371. The Kier molecular flexibility index (Phi) is 7.32. The van der Waals surface area contributed by atoms with Crippen molar-refractivity contribution in [2.75, 3.05) is 24.0 Å². The van der Waals surface area contributed by atoms with E-state index >= 15 is 0 Å². The smallest absolute Gasteiger partial charge is 0.157 e. The number of nitrogens with two attached hydrogens (primary N) is 2. The minimum Gasteiger partial charge on any atom is -0.397 e. The predicted molar refractivity (Wildman–Crippen MR) is 130 cm³/mol. The van der Waals surface area contributed by atoms with Crippen LogP contribution < -0.4 is 16.6 Å². The number of alkyl halides is 1. The number of fused-ring (bicyclic) bond motifs is 3. The highest BCUT2D eigenvalue weighted by Gasteiger charge is 2.57. The summed E-state index contributed by atoms with van der Waals surface area (Å²) in [6.07, 6.45) is 9.60. The molecular formula is C27H41F2N3O. The van der Waals surface area contributed by atoms with Crippen LogP contribution in [-0.2, 0) is 4.79 Å². The lowest BCUT2D eigenvalue weighted by Gasteiger charge is -2.54. The first kappa shape index (κ1) is 24.4. The predicted octanol–water partition coefficient (Wildman–Crippen LogP) is 5.90. The van der Waals surface area contributed by atoms with Crippen LogP contribution in [-0.4, -0.2) is 19.0 Å². The lowest BCUT2D eigenvalue weighted by Crippen LogP contribution is -2.49. The fourth-order valence-corrected chi connectivity index (χ4v) is 8.17. The second kappa shape index (κ2) is 9.89. The molecule has 0 heterocycles. The molecule has 184 valence electrons. The van der Waals surface area contributed by atoms with Gasteiger partial charge >= 0.3 is 0 Å². The number of rotatable bonds is 8. The summed E-state index contributed by atoms with van der Waals surface area (Å²) in [5.74, 6) is 8.95. The zero-order valence-electron chi connectivity index (χ0n) is 20.2. The van der Waals surface area contributed by atoms with Crippen molar-refractivity contribution in [3.63, 3.8) is 0 Å². The molecule has 3 aliphatic carbocycles. The summed E-state index contributed by atoms with van der Waals surface area (Å²) < 4.78 is 26.9. The van der Waals surface area contributed by atoms with E-state index in [1.54, 1.807) is 0 Å². The molecule has 4 N–H and O–H groups in total. The van der Waals surface area contributed by atoms with Gasteiger partial charge < -0.3 is 10.7 Å². The average Bonchev–Trinajstić information content (AvgIpc) is 3.14. The highest BCUT2D eigenvalue weighted by molar-refractivity contribution is 5.87. The van der Waals surface area contributed by atoms with Gasteiger partial charge in [0.25, 0.3) is 0 Å². The molecule has 7 unspecified atom stereocenters. The lowest BCUT2D eigenvalue weighted by molar-refractivity contribution is -0.128. The maximum atomic E-state index is 13.7.